The Kier molecular flexibility index (Phi) is 6.44. The van der Waals surface area contributed by atoms with Crippen molar-refractivity contribution in [2.24, 2.45) is 0 Å². The van der Waals surface area contributed by atoms with Gasteiger partial charge in [-0.25, -0.2) is 0 Å². The predicted octanol–water partition coefficient (Wildman–Crippen LogP) is 3.34. The van der Waals surface area contributed by atoms with Crippen molar-refractivity contribution in [2.45, 2.75) is 31.6 Å². The number of ether oxygens (including phenoxy) is 1. The lowest BCUT2D eigenvalue weighted by molar-refractivity contribution is -0.140. The maximum atomic E-state index is 11.8. The molecule has 0 unspecified atom stereocenters. The maximum Gasteiger partial charge on any atom is 0.305 e. The van der Waals surface area contributed by atoms with Crippen molar-refractivity contribution in [1.82, 2.24) is 0 Å². The summed E-state index contributed by atoms with van der Waals surface area (Å²) in [5.74, 6) is 0.322. The minimum atomic E-state index is -0.228. The summed E-state index contributed by atoms with van der Waals surface area (Å²) in [6.07, 6.45) is 2.20. The minimum Gasteiger partial charge on any atom is -0.469 e. The van der Waals surface area contributed by atoms with Gasteiger partial charge in [0, 0.05) is 24.3 Å². The van der Waals surface area contributed by atoms with Gasteiger partial charge in [-0.3, -0.25) is 9.59 Å². The molecule has 1 rings (SSSR count). The lowest BCUT2D eigenvalue weighted by Crippen LogP contribution is -2.02. The number of halogens is 1. The number of methoxy groups -OCH3 is 1. The fourth-order valence-corrected chi connectivity index (χ4v) is 1.76. The first-order valence-corrected chi connectivity index (χ1v) is 6.45. The van der Waals surface area contributed by atoms with Gasteiger partial charge < -0.3 is 4.74 Å². The van der Waals surface area contributed by atoms with Crippen LogP contribution in [0.4, 0.5) is 0 Å². The third-order valence-corrected chi connectivity index (χ3v) is 3.00. The minimum absolute atomic E-state index is 0.0981. The SMILES string of the molecule is COC(=O)CCCCC(=O)c1ccc(CCl)cc1. The van der Waals surface area contributed by atoms with E-state index >= 15 is 0 Å². The van der Waals surface area contributed by atoms with E-state index < -0.39 is 0 Å². The average Bonchev–Trinajstić information content (AvgIpc) is 2.43. The van der Waals surface area contributed by atoms with Gasteiger partial charge >= 0.3 is 5.97 Å². The first-order chi connectivity index (χ1) is 8.67. The Morgan fingerprint density at radius 2 is 1.72 bits per heavy atom. The van der Waals surface area contributed by atoms with Gasteiger partial charge in [0.1, 0.15) is 0 Å². The van der Waals surface area contributed by atoms with Gasteiger partial charge in [0.25, 0.3) is 0 Å². The van der Waals surface area contributed by atoms with Crippen LogP contribution >= 0.6 is 11.6 Å². The Morgan fingerprint density at radius 3 is 2.28 bits per heavy atom. The van der Waals surface area contributed by atoms with Crippen LogP contribution in [0.3, 0.4) is 0 Å². The number of hydrogen-bond acceptors (Lipinski definition) is 3. The van der Waals surface area contributed by atoms with Crippen LogP contribution in [0.5, 0.6) is 0 Å². The van der Waals surface area contributed by atoms with Gasteiger partial charge in [0.15, 0.2) is 5.78 Å². The molecule has 0 atom stereocenters. The number of esters is 1. The number of unbranched alkanes of at least 4 members (excludes halogenated alkanes) is 1. The van der Waals surface area contributed by atoms with Gasteiger partial charge in [-0.05, 0) is 18.4 Å². The van der Waals surface area contributed by atoms with Gasteiger partial charge in [0.05, 0.1) is 7.11 Å². The number of Topliss-reactive ketones (excluding diaryl/α,β-unsaturated/α-hetero) is 1. The van der Waals surface area contributed by atoms with Gasteiger partial charge in [0.2, 0.25) is 0 Å². The van der Waals surface area contributed by atoms with Crippen molar-refractivity contribution >= 4 is 23.4 Å². The number of hydrogen-bond donors (Lipinski definition) is 0. The molecule has 1 aromatic carbocycles. The molecule has 0 radical (unpaired) electrons. The zero-order valence-electron chi connectivity index (χ0n) is 10.4. The van der Waals surface area contributed by atoms with E-state index in [-0.39, 0.29) is 11.8 Å². The lowest BCUT2D eigenvalue weighted by Gasteiger charge is -2.02. The van der Waals surface area contributed by atoms with Crippen LogP contribution in [0, 0.1) is 0 Å². The third kappa shape index (κ3) is 4.88. The van der Waals surface area contributed by atoms with Crippen molar-refractivity contribution in [3.63, 3.8) is 0 Å². The van der Waals surface area contributed by atoms with E-state index in [1.165, 1.54) is 7.11 Å². The fourth-order valence-electron chi connectivity index (χ4n) is 1.58. The second-order valence-electron chi connectivity index (χ2n) is 4.04. The molecular weight excluding hydrogens is 252 g/mol. The molecular formula is C14H17ClO3. The number of rotatable bonds is 7. The van der Waals surface area contributed by atoms with Crippen LogP contribution in [0.25, 0.3) is 0 Å². The first-order valence-electron chi connectivity index (χ1n) is 5.92. The van der Waals surface area contributed by atoms with Crippen molar-refractivity contribution in [3.8, 4) is 0 Å². The van der Waals surface area contributed by atoms with E-state index in [1.807, 2.05) is 12.1 Å². The summed E-state index contributed by atoms with van der Waals surface area (Å²) in [6, 6.07) is 7.30. The molecule has 1 aromatic rings. The van der Waals surface area contributed by atoms with E-state index in [9.17, 15) is 9.59 Å². The molecule has 0 amide bonds. The summed E-state index contributed by atoms with van der Waals surface area (Å²) in [5.41, 5.74) is 1.70. The van der Waals surface area contributed by atoms with Crippen LogP contribution in [0.1, 0.15) is 41.6 Å². The maximum absolute atomic E-state index is 11.8. The van der Waals surface area contributed by atoms with E-state index in [1.54, 1.807) is 12.1 Å². The second-order valence-corrected chi connectivity index (χ2v) is 4.30. The number of benzene rings is 1. The topological polar surface area (TPSA) is 43.4 Å². The number of alkyl halides is 1. The molecule has 0 saturated heterocycles. The molecule has 4 heteroatoms. The zero-order valence-corrected chi connectivity index (χ0v) is 11.2. The Bertz CT molecular complexity index is 398. The molecule has 3 nitrogen and oxygen atoms in total. The largest absolute Gasteiger partial charge is 0.469 e. The molecule has 0 bridgehead atoms. The van der Waals surface area contributed by atoms with E-state index in [0.717, 1.165) is 5.56 Å². The molecule has 0 aliphatic heterocycles. The van der Waals surface area contributed by atoms with Crippen molar-refractivity contribution in [2.75, 3.05) is 7.11 Å². The standard InChI is InChI=1S/C14H17ClO3/c1-18-14(17)5-3-2-4-13(16)12-8-6-11(10-15)7-9-12/h6-9H,2-5,10H2,1H3. The lowest BCUT2D eigenvalue weighted by atomic mass is 10.0. The number of carbonyl (C=O) groups is 2. The van der Waals surface area contributed by atoms with Gasteiger partial charge in [-0.1, -0.05) is 24.3 Å². The van der Waals surface area contributed by atoms with Crippen LogP contribution in [0.15, 0.2) is 24.3 Å². The quantitative estimate of drug-likeness (QED) is 0.330. The van der Waals surface area contributed by atoms with Crippen LogP contribution in [-0.2, 0) is 15.4 Å². The molecule has 0 heterocycles. The van der Waals surface area contributed by atoms with Crippen LogP contribution in [-0.4, -0.2) is 18.9 Å². The summed E-state index contributed by atoms with van der Waals surface area (Å²) in [5, 5.41) is 0. The molecule has 0 saturated carbocycles. The Labute approximate surface area is 112 Å². The second kappa shape index (κ2) is 7.88. The molecule has 0 N–H and O–H groups in total. The molecule has 0 aliphatic carbocycles. The van der Waals surface area contributed by atoms with E-state index in [0.29, 0.717) is 37.1 Å². The molecule has 18 heavy (non-hydrogen) atoms. The summed E-state index contributed by atoms with van der Waals surface area (Å²) < 4.78 is 4.53. The first kappa shape index (κ1) is 14.7. The van der Waals surface area contributed by atoms with Crippen molar-refractivity contribution in [3.05, 3.63) is 35.4 Å². The summed E-state index contributed by atoms with van der Waals surface area (Å²) >= 11 is 5.68. The summed E-state index contributed by atoms with van der Waals surface area (Å²) in [6.45, 7) is 0. The monoisotopic (exact) mass is 268 g/mol. The van der Waals surface area contributed by atoms with Gasteiger partial charge in [-0.15, -0.1) is 11.6 Å². The normalized spacial score (nSPS) is 10.1. The Morgan fingerprint density at radius 1 is 1.11 bits per heavy atom. The van der Waals surface area contributed by atoms with Crippen molar-refractivity contribution < 1.29 is 14.3 Å². The Balaban J connectivity index is 2.33. The third-order valence-electron chi connectivity index (χ3n) is 2.69. The smallest absolute Gasteiger partial charge is 0.305 e. The van der Waals surface area contributed by atoms with Crippen LogP contribution in [0.2, 0.25) is 0 Å². The average molecular weight is 269 g/mol. The number of ketones is 1. The summed E-state index contributed by atoms with van der Waals surface area (Å²) in [7, 11) is 1.37. The summed E-state index contributed by atoms with van der Waals surface area (Å²) in [4.78, 5) is 22.7. The zero-order chi connectivity index (χ0) is 13.4. The van der Waals surface area contributed by atoms with E-state index in [4.69, 9.17) is 11.6 Å². The molecule has 0 aromatic heterocycles. The predicted molar refractivity (Wildman–Crippen MR) is 70.8 cm³/mol. The number of carbonyl (C=O) groups excluding carboxylic acids is 2. The highest BCUT2D eigenvalue weighted by Crippen LogP contribution is 2.11. The van der Waals surface area contributed by atoms with Gasteiger partial charge in [-0.2, -0.15) is 0 Å². The molecule has 0 aliphatic rings. The highest BCUT2D eigenvalue weighted by Gasteiger charge is 2.06. The molecule has 98 valence electrons. The fraction of sp³-hybridized carbons (Fsp3) is 0.429. The molecule has 0 spiro atoms. The highest BCUT2D eigenvalue weighted by atomic mass is 35.5. The molecule has 0 fully saturated rings. The van der Waals surface area contributed by atoms with E-state index in [2.05, 4.69) is 4.74 Å². The Hall–Kier alpha value is -1.35. The highest BCUT2D eigenvalue weighted by molar-refractivity contribution is 6.17. The van der Waals surface area contributed by atoms with Crippen LogP contribution < -0.4 is 0 Å². The van der Waals surface area contributed by atoms with Crippen molar-refractivity contribution in [1.29, 1.82) is 0 Å².